The van der Waals surface area contributed by atoms with E-state index in [1.807, 2.05) is 25.3 Å². The molecule has 0 saturated heterocycles. The van der Waals surface area contributed by atoms with Crippen molar-refractivity contribution in [3.63, 3.8) is 0 Å². The van der Waals surface area contributed by atoms with Crippen molar-refractivity contribution in [3.8, 4) is 16.3 Å². The first-order valence-electron chi connectivity index (χ1n) is 5.63. The summed E-state index contributed by atoms with van der Waals surface area (Å²) in [5.41, 5.74) is 2.08. The standard InChI is InChI=1S/C14H12N2OS/c1-9-7-15-8-16-13(9)12-6-10-4-3-5-11(17-2)14(10)18-12/h3-8H,1-2H3. The summed E-state index contributed by atoms with van der Waals surface area (Å²) < 4.78 is 6.54. The maximum Gasteiger partial charge on any atom is 0.136 e. The van der Waals surface area contributed by atoms with Gasteiger partial charge in [0.15, 0.2) is 0 Å². The first-order valence-corrected chi connectivity index (χ1v) is 6.45. The lowest BCUT2D eigenvalue weighted by molar-refractivity contribution is 0.420. The average molecular weight is 256 g/mol. The van der Waals surface area contributed by atoms with E-state index in [9.17, 15) is 0 Å². The number of hydrogen-bond donors (Lipinski definition) is 0. The molecule has 0 bridgehead atoms. The van der Waals surface area contributed by atoms with E-state index in [4.69, 9.17) is 4.74 Å². The van der Waals surface area contributed by atoms with Gasteiger partial charge in [-0.25, -0.2) is 9.97 Å². The monoisotopic (exact) mass is 256 g/mol. The average Bonchev–Trinajstić information content (AvgIpc) is 2.82. The first kappa shape index (κ1) is 11.2. The van der Waals surface area contributed by atoms with E-state index in [0.29, 0.717) is 0 Å². The molecule has 3 aromatic rings. The third kappa shape index (κ3) is 1.75. The van der Waals surface area contributed by atoms with Crippen molar-refractivity contribution in [3.05, 3.63) is 42.4 Å². The molecular weight excluding hydrogens is 244 g/mol. The van der Waals surface area contributed by atoms with E-state index in [0.717, 1.165) is 26.6 Å². The molecule has 4 heteroatoms. The van der Waals surface area contributed by atoms with E-state index >= 15 is 0 Å². The van der Waals surface area contributed by atoms with Crippen LogP contribution in [0.2, 0.25) is 0 Å². The van der Waals surface area contributed by atoms with Gasteiger partial charge in [0, 0.05) is 6.20 Å². The molecule has 0 aliphatic rings. The molecule has 18 heavy (non-hydrogen) atoms. The highest BCUT2D eigenvalue weighted by Crippen LogP contribution is 2.38. The van der Waals surface area contributed by atoms with Gasteiger partial charge in [-0.2, -0.15) is 0 Å². The number of ether oxygens (including phenoxy) is 1. The van der Waals surface area contributed by atoms with Gasteiger partial charge >= 0.3 is 0 Å². The molecule has 0 aliphatic heterocycles. The Bertz CT molecular complexity index is 706. The summed E-state index contributed by atoms with van der Waals surface area (Å²) in [6, 6.07) is 8.23. The molecule has 0 aliphatic carbocycles. The van der Waals surface area contributed by atoms with E-state index < -0.39 is 0 Å². The van der Waals surface area contributed by atoms with Gasteiger partial charge in [-0.1, -0.05) is 12.1 Å². The van der Waals surface area contributed by atoms with Crippen LogP contribution in [0.4, 0.5) is 0 Å². The van der Waals surface area contributed by atoms with Gasteiger partial charge in [-0.3, -0.25) is 0 Å². The summed E-state index contributed by atoms with van der Waals surface area (Å²) in [4.78, 5) is 9.53. The summed E-state index contributed by atoms with van der Waals surface area (Å²) >= 11 is 1.70. The zero-order valence-electron chi connectivity index (χ0n) is 10.2. The van der Waals surface area contributed by atoms with Crippen LogP contribution in [-0.4, -0.2) is 17.1 Å². The molecule has 0 spiro atoms. The minimum atomic E-state index is 0.912. The van der Waals surface area contributed by atoms with Gasteiger partial charge in [-0.15, -0.1) is 11.3 Å². The fraction of sp³-hybridized carbons (Fsp3) is 0.143. The Labute approximate surface area is 109 Å². The summed E-state index contributed by atoms with van der Waals surface area (Å²) in [7, 11) is 1.70. The predicted octanol–water partition coefficient (Wildman–Crippen LogP) is 3.68. The Balaban J connectivity index is 2.23. The van der Waals surface area contributed by atoms with E-state index in [-0.39, 0.29) is 0 Å². The third-order valence-corrected chi connectivity index (χ3v) is 4.03. The minimum absolute atomic E-state index is 0.912. The molecule has 2 heterocycles. The zero-order chi connectivity index (χ0) is 12.5. The van der Waals surface area contributed by atoms with Crippen molar-refractivity contribution in [1.82, 2.24) is 9.97 Å². The second-order valence-corrected chi connectivity index (χ2v) is 5.10. The molecule has 0 unspecified atom stereocenters. The second kappa shape index (κ2) is 4.38. The molecule has 90 valence electrons. The van der Waals surface area contributed by atoms with Gasteiger partial charge in [0.2, 0.25) is 0 Å². The van der Waals surface area contributed by atoms with E-state index in [2.05, 4.69) is 22.1 Å². The number of methoxy groups -OCH3 is 1. The highest BCUT2D eigenvalue weighted by Gasteiger charge is 2.10. The molecule has 0 N–H and O–H groups in total. The Hall–Kier alpha value is -1.94. The van der Waals surface area contributed by atoms with Gasteiger partial charge in [-0.05, 0) is 30.0 Å². The molecule has 3 nitrogen and oxygen atoms in total. The van der Waals surface area contributed by atoms with Crippen LogP contribution in [0.25, 0.3) is 20.7 Å². The Morgan fingerprint density at radius 3 is 2.94 bits per heavy atom. The molecule has 0 amide bonds. The number of thiophene rings is 1. The number of aromatic nitrogens is 2. The van der Waals surface area contributed by atoms with Crippen LogP contribution >= 0.6 is 11.3 Å². The van der Waals surface area contributed by atoms with Gasteiger partial charge in [0.05, 0.1) is 22.4 Å². The predicted molar refractivity (Wildman–Crippen MR) is 74.1 cm³/mol. The van der Waals surface area contributed by atoms with E-state index in [1.165, 1.54) is 5.39 Å². The lowest BCUT2D eigenvalue weighted by atomic mass is 10.2. The summed E-state index contributed by atoms with van der Waals surface area (Å²) in [6.07, 6.45) is 3.42. The van der Waals surface area contributed by atoms with Crippen LogP contribution in [0.15, 0.2) is 36.8 Å². The van der Waals surface area contributed by atoms with Crippen LogP contribution in [-0.2, 0) is 0 Å². The smallest absolute Gasteiger partial charge is 0.136 e. The number of benzene rings is 1. The minimum Gasteiger partial charge on any atom is -0.495 e. The highest BCUT2D eigenvalue weighted by atomic mass is 32.1. The molecule has 2 aromatic heterocycles. The number of fused-ring (bicyclic) bond motifs is 1. The summed E-state index contributed by atoms with van der Waals surface area (Å²) in [6.45, 7) is 2.02. The Kier molecular flexibility index (Phi) is 2.72. The third-order valence-electron chi connectivity index (χ3n) is 2.86. The van der Waals surface area contributed by atoms with Crippen molar-refractivity contribution < 1.29 is 4.74 Å². The maximum atomic E-state index is 5.38. The molecule has 0 radical (unpaired) electrons. The first-order chi connectivity index (χ1) is 8.79. The zero-order valence-corrected chi connectivity index (χ0v) is 11.0. The van der Waals surface area contributed by atoms with Crippen molar-refractivity contribution in [2.24, 2.45) is 0 Å². The quantitative estimate of drug-likeness (QED) is 0.701. The van der Waals surface area contributed by atoms with Crippen molar-refractivity contribution >= 4 is 21.4 Å². The van der Waals surface area contributed by atoms with Crippen molar-refractivity contribution in [2.75, 3.05) is 7.11 Å². The highest BCUT2D eigenvalue weighted by molar-refractivity contribution is 7.22. The lowest BCUT2D eigenvalue weighted by Crippen LogP contribution is -1.86. The van der Waals surface area contributed by atoms with Gasteiger partial charge in [0.25, 0.3) is 0 Å². The number of aryl methyl sites for hydroxylation is 1. The van der Waals surface area contributed by atoms with Crippen LogP contribution in [0.3, 0.4) is 0 Å². The molecule has 0 fully saturated rings. The van der Waals surface area contributed by atoms with Crippen LogP contribution in [0.1, 0.15) is 5.56 Å². The number of hydrogen-bond acceptors (Lipinski definition) is 4. The fourth-order valence-corrected chi connectivity index (χ4v) is 3.18. The van der Waals surface area contributed by atoms with Crippen LogP contribution in [0.5, 0.6) is 5.75 Å². The lowest BCUT2D eigenvalue weighted by Gasteiger charge is -2.00. The fourth-order valence-electron chi connectivity index (χ4n) is 1.97. The second-order valence-electron chi connectivity index (χ2n) is 4.04. The number of rotatable bonds is 2. The van der Waals surface area contributed by atoms with E-state index in [1.54, 1.807) is 24.8 Å². The van der Waals surface area contributed by atoms with Gasteiger partial charge in [0.1, 0.15) is 12.1 Å². The largest absolute Gasteiger partial charge is 0.495 e. The Morgan fingerprint density at radius 1 is 1.28 bits per heavy atom. The number of nitrogens with zero attached hydrogens (tertiary/aromatic N) is 2. The molecule has 0 atom stereocenters. The topological polar surface area (TPSA) is 35.0 Å². The van der Waals surface area contributed by atoms with Crippen LogP contribution in [0, 0.1) is 6.92 Å². The summed E-state index contributed by atoms with van der Waals surface area (Å²) in [5.74, 6) is 0.912. The maximum absolute atomic E-state index is 5.38. The summed E-state index contributed by atoms with van der Waals surface area (Å²) in [5, 5.41) is 1.19. The molecule has 3 rings (SSSR count). The van der Waals surface area contributed by atoms with Gasteiger partial charge < -0.3 is 4.74 Å². The van der Waals surface area contributed by atoms with Crippen molar-refractivity contribution in [1.29, 1.82) is 0 Å². The molecule has 1 aromatic carbocycles. The molecular formula is C14H12N2OS. The Morgan fingerprint density at radius 2 is 2.17 bits per heavy atom. The molecule has 0 saturated carbocycles. The van der Waals surface area contributed by atoms with Crippen LogP contribution < -0.4 is 4.74 Å². The normalized spacial score (nSPS) is 10.8. The van der Waals surface area contributed by atoms with Crippen molar-refractivity contribution in [2.45, 2.75) is 6.92 Å². The SMILES string of the molecule is COc1cccc2cc(-c3ncncc3C)sc12.